The van der Waals surface area contributed by atoms with Crippen LogP contribution in [0.3, 0.4) is 0 Å². The number of hydrogen-bond donors (Lipinski definition) is 0. The molecule has 0 N–H and O–H groups in total. The molecule has 4 rings (SSSR count). The van der Waals surface area contributed by atoms with E-state index in [0.29, 0.717) is 18.1 Å². The molecule has 0 saturated carbocycles. The van der Waals surface area contributed by atoms with Gasteiger partial charge in [-0.2, -0.15) is 4.99 Å². The average Bonchev–Trinajstić information content (AvgIpc) is 3.15. The number of aryl methyl sites for hydroxylation is 1. The summed E-state index contributed by atoms with van der Waals surface area (Å²) in [7, 11) is -3.03. The lowest BCUT2D eigenvalue weighted by Gasteiger charge is -2.24. The van der Waals surface area contributed by atoms with Crippen LogP contribution < -0.4 is 0 Å². The van der Waals surface area contributed by atoms with Crippen LogP contribution in [-0.4, -0.2) is 47.2 Å². The van der Waals surface area contributed by atoms with Gasteiger partial charge in [0.15, 0.2) is 15.0 Å². The van der Waals surface area contributed by atoms with Gasteiger partial charge in [0, 0.05) is 18.2 Å². The summed E-state index contributed by atoms with van der Waals surface area (Å²) in [5.41, 5.74) is 2.30. The molecule has 2 heterocycles. The van der Waals surface area contributed by atoms with Gasteiger partial charge >= 0.3 is 0 Å². The van der Waals surface area contributed by atoms with E-state index in [-0.39, 0.29) is 28.7 Å². The Labute approximate surface area is 176 Å². The zero-order valence-electron chi connectivity index (χ0n) is 16.1. The molecule has 2 fully saturated rings. The zero-order chi connectivity index (χ0) is 20.3. The fourth-order valence-electron chi connectivity index (χ4n) is 3.85. The molecule has 2 aliphatic rings. The Morgan fingerprint density at radius 3 is 2.34 bits per heavy atom. The van der Waals surface area contributed by atoms with E-state index >= 15 is 0 Å². The van der Waals surface area contributed by atoms with Crippen LogP contribution >= 0.6 is 11.8 Å². The first-order valence-electron chi connectivity index (χ1n) is 9.83. The van der Waals surface area contributed by atoms with Gasteiger partial charge in [-0.3, -0.25) is 4.79 Å². The maximum absolute atomic E-state index is 12.5. The highest BCUT2D eigenvalue weighted by molar-refractivity contribution is 8.15. The number of rotatable bonds is 6. The van der Waals surface area contributed by atoms with E-state index in [0.717, 1.165) is 18.4 Å². The fraction of sp³-hybridized carbons (Fsp3) is 0.364. The number of aliphatic imine (C=N–C) groups is 1. The number of nitrogens with zero attached hydrogens (tertiary/aromatic N) is 2. The first-order chi connectivity index (χ1) is 14.0. The van der Waals surface area contributed by atoms with E-state index in [9.17, 15) is 13.2 Å². The maximum atomic E-state index is 12.5. The SMILES string of the molecule is O=C(CCCc1ccccc1)N=C1S[C@@H]2CS(=O)(=O)C[C@H]2N1Cc1ccccc1. The minimum atomic E-state index is -3.03. The highest BCUT2D eigenvalue weighted by atomic mass is 32.2. The molecule has 0 aromatic heterocycles. The predicted octanol–water partition coefficient (Wildman–Crippen LogP) is 3.31. The molecule has 2 aliphatic heterocycles. The molecular formula is C22H24N2O3S2. The summed E-state index contributed by atoms with van der Waals surface area (Å²) in [6.07, 6.45) is 2.00. The Kier molecular flexibility index (Phi) is 6.06. The van der Waals surface area contributed by atoms with Crippen LogP contribution in [0.2, 0.25) is 0 Å². The second kappa shape index (κ2) is 8.71. The first kappa shape index (κ1) is 20.2. The van der Waals surface area contributed by atoms with Gasteiger partial charge in [-0.05, 0) is 24.0 Å². The standard InChI is InChI=1S/C22H24N2O3S2/c25-21(13-7-12-17-8-3-1-4-9-17)23-22-24(14-18-10-5-2-6-11-18)19-15-29(26,27)16-20(19)28-22/h1-6,8-11,19-20H,7,12-16H2/t19-,20-/m1/s1. The van der Waals surface area contributed by atoms with Crippen LogP contribution in [-0.2, 0) is 27.6 Å². The van der Waals surface area contributed by atoms with Crippen LogP contribution in [0.5, 0.6) is 0 Å². The molecule has 2 saturated heterocycles. The molecule has 0 aliphatic carbocycles. The van der Waals surface area contributed by atoms with Crippen LogP contribution in [0, 0.1) is 0 Å². The van der Waals surface area contributed by atoms with E-state index in [1.807, 2.05) is 53.4 Å². The summed E-state index contributed by atoms with van der Waals surface area (Å²) in [5.74, 6) is 0.164. The van der Waals surface area contributed by atoms with E-state index in [4.69, 9.17) is 0 Å². The number of benzene rings is 2. The second-order valence-corrected chi connectivity index (χ2v) is 10.9. The molecule has 0 bridgehead atoms. The molecule has 7 heteroatoms. The summed E-state index contributed by atoms with van der Waals surface area (Å²) in [5, 5.41) is 0.628. The Hall–Kier alpha value is -2.12. The van der Waals surface area contributed by atoms with Gasteiger partial charge in [0.2, 0.25) is 5.91 Å². The van der Waals surface area contributed by atoms with Crippen molar-refractivity contribution in [3.8, 4) is 0 Å². The van der Waals surface area contributed by atoms with Crippen molar-refractivity contribution in [3.05, 3.63) is 71.8 Å². The van der Waals surface area contributed by atoms with Crippen molar-refractivity contribution in [3.63, 3.8) is 0 Å². The minimum absolute atomic E-state index is 0.0421. The molecule has 0 spiro atoms. The zero-order valence-corrected chi connectivity index (χ0v) is 17.7. The van der Waals surface area contributed by atoms with Gasteiger partial charge in [-0.15, -0.1) is 0 Å². The van der Waals surface area contributed by atoms with Crippen LogP contribution in [0.1, 0.15) is 24.0 Å². The molecule has 2 atom stereocenters. The number of carbonyl (C=O) groups excluding carboxylic acids is 1. The molecule has 1 amide bonds. The molecule has 2 aromatic carbocycles. The largest absolute Gasteiger partial charge is 0.342 e. The molecule has 29 heavy (non-hydrogen) atoms. The Morgan fingerprint density at radius 1 is 1.00 bits per heavy atom. The lowest BCUT2D eigenvalue weighted by molar-refractivity contribution is -0.117. The van der Waals surface area contributed by atoms with Gasteiger partial charge in [-0.1, -0.05) is 72.4 Å². The number of thioether (sulfide) groups is 1. The highest BCUT2D eigenvalue weighted by Gasteiger charge is 2.48. The van der Waals surface area contributed by atoms with Crippen molar-refractivity contribution < 1.29 is 13.2 Å². The van der Waals surface area contributed by atoms with E-state index in [1.165, 1.54) is 17.3 Å². The van der Waals surface area contributed by atoms with Crippen LogP contribution in [0.15, 0.2) is 65.7 Å². The summed E-state index contributed by atoms with van der Waals surface area (Å²) in [6, 6.07) is 19.9. The molecule has 2 aromatic rings. The topological polar surface area (TPSA) is 66.8 Å². The van der Waals surface area contributed by atoms with Gasteiger partial charge < -0.3 is 4.90 Å². The van der Waals surface area contributed by atoms with E-state index in [1.54, 1.807) is 0 Å². The quantitative estimate of drug-likeness (QED) is 0.706. The van der Waals surface area contributed by atoms with Crippen molar-refractivity contribution >= 4 is 32.7 Å². The smallest absolute Gasteiger partial charge is 0.248 e. The monoisotopic (exact) mass is 428 g/mol. The van der Waals surface area contributed by atoms with Gasteiger partial charge in [0.25, 0.3) is 0 Å². The Bertz CT molecular complexity index is 991. The van der Waals surface area contributed by atoms with Crippen molar-refractivity contribution in [1.29, 1.82) is 0 Å². The summed E-state index contributed by atoms with van der Waals surface area (Å²) in [4.78, 5) is 18.9. The normalized spacial score (nSPS) is 24.0. The van der Waals surface area contributed by atoms with Crippen molar-refractivity contribution in [2.75, 3.05) is 11.5 Å². The van der Waals surface area contributed by atoms with Crippen molar-refractivity contribution in [1.82, 2.24) is 4.90 Å². The van der Waals surface area contributed by atoms with Gasteiger partial charge in [-0.25, -0.2) is 8.42 Å². The number of amides is 1. The number of amidine groups is 1. The average molecular weight is 429 g/mol. The third kappa shape index (κ3) is 5.08. The molecule has 0 radical (unpaired) electrons. The second-order valence-electron chi connectivity index (χ2n) is 7.54. The third-order valence-corrected chi connectivity index (χ3v) is 8.54. The van der Waals surface area contributed by atoms with Crippen molar-refractivity contribution in [2.45, 2.75) is 37.1 Å². The van der Waals surface area contributed by atoms with Gasteiger partial charge in [0.1, 0.15) is 0 Å². The lowest BCUT2D eigenvalue weighted by atomic mass is 10.1. The molecule has 0 unspecified atom stereocenters. The van der Waals surface area contributed by atoms with Crippen LogP contribution in [0.25, 0.3) is 0 Å². The Morgan fingerprint density at radius 2 is 1.66 bits per heavy atom. The summed E-state index contributed by atoms with van der Waals surface area (Å²) >= 11 is 1.44. The highest BCUT2D eigenvalue weighted by Crippen LogP contribution is 2.39. The minimum Gasteiger partial charge on any atom is -0.342 e. The molecule has 5 nitrogen and oxygen atoms in total. The number of carbonyl (C=O) groups is 1. The number of hydrogen-bond acceptors (Lipinski definition) is 4. The summed E-state index contributed by atoms with van der Waals surface area (Å²) < 4.78 is 24.2. The summed E-state index contributed by atoms with van der Waals surface area (Å²) in [6.45, 7) is 0.570. The Balaban J connectivity index is 1.44. The van der Waals surface area contributed by atoms with E-state index in [2.05, 4.69) is 17.1 Å². The van der Waals surface area contributed by atoms with Crippen molar-refractivity contribution in [2.24, 2.45) is 4.99 Å². The molecule has 152 valence electrons. The predicted molar refractivity (Wildman–Crippen MR) is 118 cm³/mol. The number of sulfone groups is 1. The fourth-order valence-corrected chi connectivity index (χ4v) is 7.82. The van der Waals surface area contributed by atoms with E-state index < -0.39 is 9.84 Å². The number of fused-ring (bicyclic) bond motifs is 1. The van der Waals surface area contributed by atoms with Gasteiger partial charge in [0.05, 0.1) is 17.5 Å². The third-order valence-electron chi connectivity index (χ3n) is 5.29. The first-order valence-corrected chi connectivity index (χ1v) is 12.5. The van der Waals surface area contributed by atoms with Crippen LogP contribution in [0.4, 0.5) is 0 Å². The molecular weight excluding hydrogens is 404 g/mol. The lowest BCUT2D eigenvalue weighted by Crippen LogP contribution is -2.37. The maximum Gasteiger partial charge on any atom is 0.248 e.